The summed E-state index contributed by atoms with van der Waals surface area (Å²) in [6.45, 7) is 11.3. The van der Waals surface area contributed by atoms with E-state index in [9.17, 15) is 0 Å². The molecule has 0 N–H and O–H groups in total. The van der Waals surface area contributed by atoms with Crippen LogP contribution in [0.3, 0.4) is 0 Å². The Morgan fingerprint density at radius 2 is 1.85 bits per heavy atom. The summed E-state index contributed by atoms with van der Waals surface area (Å²) in [5.74, 6) is 1.04. The van der Waals surface area contributed by atoms with Crippen LogP contribution >= 0.6 is 11.6 Å². The molecule has 2 aromatic carbocycles. The number of nitrogens with zero attached hydrogens (tertiary/aromatic N) is 2. The fraction of sp³-hybridized carbons (Fsp3) is 0.435. The first kappa shape index (κ1) is 19.0. The van der Waals surface area contributed by atoms with Gasteiger partial charge in [0.2, 0.25) is 0 Å². The van der Waals surface area contributed by atoms with Crippen LogP contribution in [-0.2, 0) is 0 Å². The maximum atomic E-state index is 6.58. The molecule has 0 fully saturated rings. The molecule has 0 saturated heterocycles. The smallest absolute Gasteiger partial charge is 0.0630 e. The summed E-state index contributed by atoms with van der Waals surface area (Å²) in [5, 5.41) is 0.753. The highest BCUT2D eigenvalue weighted by Gasteiger charge is 2.34. The molecule has 138 valence electrons. The fourth-order valence-electron chi connectivity index (χ4n) is 3.79. The largest absolute Gasteiger partial charge is 0.369 e. The van der Waals surface area contributed by atoms with Crippen LogP contribution in [0.1, 0.15) is 69.6 Å². The quantitative estimate of drug-likeness (QED) is 0.536. The summed E-state index contributed by atoms with van der Waals surface area (Å²) < 4.78 is 0. The average Bonchev–Trinajstić information content (AvgIpc) is 2.58. The predicted molar refractivity (Wildman–Crippen MR) is 115 cm³/mol. The van der Waals surface area contributed by atoms with Gasteiger partial charge >= 0.3 is 0 Å². The first-order valence-electron chi connectivity index (χ1n) is 9.40. The molecule has 0 radical (unpaired) electrons. The second-order valence-corrected chi connectivity index (χ2v) is 8.82. The molecule has 26 heavy (non-hydrogen) atoms. The molecule has 1 aliphatic rings. The van der Waals surface area contributed by atoms with Crippen LogP contribution in [0.2, 0.25) is 5.02 Å². The molecule has 0 aliphatic carbocycles. The van der Waals surface area contributed by atoms with Gasteiger partial charge in [-0.3, -0.25) is 4.99 Å². The van der Waals surface area contributed by atoms with E-state index in [1.165, 1.54) is 16.8 Å². The van der Waals surface area contributed by atoms with Crippen LogP contribution in [0.25, 0.3) is 0 Å². The molecule has 2 aromatic rings. The third-order valence-corrected chi connectivity index (χ3v) is 5.99. The zero-order valence-corrected chi connectivity index (χ0v) is 17.4. The Morgan fingerprint density at radius 1 is 1.19 bits per heavy atom. The number of rotatable bonds is 3. The lowest BCUT2D eigenvalue weighted by atomic mass is 9.80. The summed E-state index contributed by atoms with van der Waals surface area (Å²) >= 11 is 6.58. The number of halogens is 1. The SMILES string of the molecule is CC(C)c1ccc(N=Cc2cc3c(cc2Cl)N(C)C(C)(C)CC3C)cc1. The van der Waals surface area contributed by atoms with Crippen molar-refractivity contribution in [2.45, 2.75) is 58.4 Å². The molecule has 3 heteroatoms. The van der Waals surface area contributed by atoms with E-state index in [2.05, 4.69) is 88.0 Å². The van der Waals surface area contributed by atoms with Crippen molar-refractivity contribution >= 4 is 29.2 Å². The minimum atomic E-state index is 0.142. The van der Waals surface area contributed by atoms with Gasteiger partial charge in [0.1, 0.15) is 0 Å². The van der Waals surface area contributed by atoms with Gasteiger partial charge in [-0.2, -0.15) is 0 Å². The normalized spacial score (nSPS) is 19.2. The molecule has 2 nitrogen and oxygen atoms in total. The van der Waals surface area contributed by atoms with Crippen molar-refractivity contribution in [2.24, 2.45) is 4.99 Å². The number of aliphatic imine (C=N–C) groups is 1. The van der Waals surface area contributed by atoms with E-state index < -0.39 is 0 Å². The van der Waals surface area contributed by atoms with Gasteiger partial charge in [-0.25, -0.2) is 0 Å². The van der Waals surface area contributed by atoms with Crippen LogP contribution in [0, 0.1) is 0 Å². The minimum absolute atomic E-state index is 0.142. The number of hydrogen-bond acceptors (Lipinski definition) is 2. The lowest BCUT2D eigenvalue weighted by Crippen LogP contribution is -2.45. The van der Waals surface area contributed by atoms with Gasteiger partial charge in [0, 0.05) is 30.1 Å². The highest BCUT2D eigenvalue weighted by molar-refractivity contribution is 6.33. The van der Waals surface area contributed by atoms with Gasteiger partial charge in [0.05, 0.1) is 10.7 Å². The standard InChI is InChI=1S/C23H29ClN2/c1-15(2)17-7-9-19(10-8-17)25-14-18-11-20-16(3)13-23(4,5)26(6)22(20)12-21(18)24/h7-12,14-16H,13H2,1-6H3. The number of fused-ring (bicyclic) bond motifs is 1. The minimum Gasteiger partial charge on any atom is -0.369 e. The number of hydrogen-bond donors (Lipinski definition) is 0. The Hall–Kier alpha value is -1.80. The summed E-state index contributed by atoms with van der Waals surface area (Å²) in [6.07, 6.45) is 3.02. The molecule has 1 atom stereocenters. The molecule has 0 aromatic heterocycles. The second-order valence-electron chi connectivity index (χ2n) is 8.41. The monoisotopic (exact) mass is 368 g/mol. The molecule has 0 bridgehead atoms. The Morgan fingerprint density at radius 3 is 2.46 bits per heavy atom. The molecule has 0 amide bonds. The lowest BCUT2D eigenvalue weighted by Gasteiger charge is -2.45. The van der Waals surface area contributed by atoms with Crippen molar-refractivity contribution in [3.8, 4) is 0 Å². The second kappa shape index (κ2) is 7.08. The van der Waals surface area contributed by atoms with Crippen LogP contribution in [0.5, 0.6) is 0 Å². The van der Waals surface area contributed by atoms with Crippen molar-refractivity contribution in [1.29, 1.82) is 0 Å². The maximum absolute atomic E-state index is 6.58. The van der Waals surface area contributed by atoms with Gasteiger partial charge in [-0.1, -0.05) is 44.5 Å². The van der Waals surface area contributed by atoms with Gasteiger partial charge in [0.25, 0.3) is 0 Å². The zero-order valence-electron chi connectivity index (χ0n) is 16.7. The Bertz CT molecular complexity index is 819. The van der Waals surface area contributed by atoms with E-state index in [0.717, 1.165) is 22.7 Å². The van der Waals surface area contributed by atoms with Gasteiger partial charge in [-0.05, 0) is 67.5 Å². The van der Waals surface area contributed by atoms with Crippen LogP contribution in [-0.4, -0.2) is 18.8 Å². The summed E-state index contributed by atoms with van der Waals surface area (Å²) in [7, 11) is 2.16. The summed E-state index contributed by atoms with van der Waals surface area (Å²) in [4.78, 5) is 6.98. The molecular formula is C23H29ClN2. The van der Waals surface area contributed by atoms with Crippen molar-refractivity contribution in [1.82, 2.24) is 0 Å². The van der Waals surface area contributed by atoms with Crippen molar-refractivity contribution in [3.63, 3.8) is 0 Å². The third kappa shape index (κ3) is 3.66. The summed E-state index contributed by atoms with van der Waals surface area (Å²) in [5.41, 5.74) is 6.00. The van der Waals surface area contributed by atoms with Crippen molar-refractivity contribution < 1.29 is 0 Å². The Kier molecular flexibility index (Phi) is 5.16. The van der Waals surface area contributed by atoms with Gasteiger partial charge < -0.3 is 4.90 Å². The van der Waals surface area contributed by atoms with E-state index in [0.29, 0.717) is 11.8 Å². The fourth-order valence-corrected chi connectivity index (χ4v) is 4.00. The van der Waals surface area contributed by atoms with Crippen LogP contribution in [0.15, 0.2) is 41.4 Å². The molecular weight excluding hydrogens is 340 g/mol. The topological polar surface area (TPSA) is 15.6 Å². The molecule has 1 aliphatic heterocycles. The zero-order chi connectivity index (χ0) is 19.1. The highest BCUT2D eigenvalue weighted by atomic mass is 35.5. The van der Waals surface area contributed by atoms with Crippen molar-refractivity contribution in [2.75, 3.05) is 11.9 Å². The lowest BCUT2D eigenvalue weighted by molar-refractivity contribution is 0.395. The Labute approximate surface area is 162 Å². The van der Waals surface area contributed by atoms with Crippen molar-refractivity contribution in [3.05, 3.63) is 58.1 Å². The maximum Gasteiger partial charge on any atom is 0.0630 e. The third-order valence-electron chi connectivity index (χ3n) is 5.66. The first-order valence-corrected chi connectivity index (χ1v) is 9.78. The van der Waals surface area contributed by atoms with E-state index in [1.807, 2.05) is 6.21 Å². The van der Waals surface area contributed by atoms with Crippen LogP contribution in [0.4, 0.5) is 11.4 Å². The van der Waals surface area contributed by atoms with E-state index >= 15 is 0 Å². The van der Waals surface area contributed by atoms with E-state index in [4.69, 9.17) is 11.6 Å². The average molecular weight is 369 g/mol. The summed E-state index contributed by atoms with van der Waals surface area (Å²) in [6, 6.07) is 12.7. The highest BCUT2D eigenvalue weighted by Crippen LogP contribution is 2.44. The predicted octanol–water partition coefficient (Wildman–Crippen LogP) is 6.94. The molecule has 1 heterocycles. The number of anilines is 1. The van der Waals surface area contributed by atoms with E-state index in [1.54, 1.807) is 0 Å². The molecule has 0 spiro atoms. The van der Waals surface area contributed by atoms with Gasteiger partial charge in [0.15, 0.2) is 0 Å². The van der Waals surface area contributed by atoms with Crippen LogP contribution < -0.4 is 4.90 Å². The first-order chi connectivity index (χ1) is 12.2. The Balaban J connectivity index is 1.91. The number of benzene rings is 2. The van der Waals surface area contributed by atoms with Gasteiger partial charge in [-0.15, -0.1) is 0 Å². The molecule has 3 rings (SSSR count). The van der Waals surface area contributed by atoms with E-state index in [-0.39, 0.29) is 5.54 Å². The molecule has 1 unspecified atom stereocenters. The molecule has 0 saturated carbocycles.